The van der Waals surface area contributed by atoms with Gasteiger partial charge in [-0.3, -0.25) is 4.79 Å². The summed E-state index contributed by atoms with van der Waals surface area (Å²) in [5.74, 6) is 1.46. The second kappa shape index (κ2) is 6.37. The molecule has 0 unspecified atom stereocenters. The van der Waals surface area contributed by atoms with Crippen LogP contribution in [-0.4, -0.2) is 42.6 Å². The number of aliphatic hydroxyl groups excluding tert-OH is 1. The molecule has 0 heterocycles. The lowest BCUT2D eigenvalue weighted by Crippen LogP contribution is -2.36. The molecule has 110 valence electrons. The molecule has 1 aliphatic rings. The summed E-state index contributed by atoms with van der Waals surface area (Å²) < 4.78 is 5.37. The first-order valence-corrected chi connectivity index (χ1v) is 7.04. The van der Waals surface area contributed by atoms with E-state index in [2.05, 4.69) is 11.9 Å². The van der Waals surface area contributed by atoms with Crippen LogP contribution in [0.2, 0.25) is 0 Å². The Kier molecular flexibility index (Phi) is 4.78. The fourth-order valence-corrected chi connectivity index (χ4v) is 2.77. The van der Waals surface area contributed by atoms with E-state index in [4.69, 9.17) is 4.74 Å². The number of aliphatic hydroxyl groups is 1. The van der Waals surface area contributed by atoms with Gasteiger partial charge < -0.3 is 14.7 Å². The molecule has 1 fully saturated rings. The van der Waals surface area contributed by atoms with Crippen LogP contribution in [0.3, 0.4) is 0 Å². The minimum absolute atomic E-state index is 0.0682. The van der Waals surface area contributed by atoms with Crippen LogP contribution in [0.5, 0.6) is 5.75 Å². The van der Waals surface area contributed by atoms with Crippen molar-refractivity contribution < 1.29 is 14.6 Å². The van der Waals surface area contributed by atoms with Gasteiger partial charge in [0.25, 0.3) is 0 Å². The molecule has 20 heavy (non-hydrogen) atoms. The third kappa shape index (κ3) is 3.58. The average molecular weight is 277 g/mol. The standard InChI is InChI=1S/C16H23NO3/c1-11(18)13-4-5-16(20-3)14(8-13)10-17(2)9-12-6-15(19)7-12/h4-5,8,12,15,19H,6-7,9-10H2,1-3H3. The van der Waals surface area contributed by atoms with E-state index in [1.54, 1.807) is 20.1 Å². The van der Waals surface area contributed by atoms with Crippen molar-refractivity contribution in [3.8, 4) is 5.75 Å². The highest BCUT2D eigenvalue weighted by Gasteiger charge is 2.28. The molecule has 0 aromatic heterocycles. The number of benzene rings is 1. The highest BCUT2D eigenvalue weighted by molar-refractivity contribution is 5.94. The Morgan fingerprint density at radius 1 is 1.45 bits per heavy atom. The van der Waals surface area contributed by atoms with Crippen molar-refractivity contribution in [1.29, 1.82) is 0 Å². The number of Topliss-reactive ketones (excluding diaryl/α,β-unsaturated/α-hetero) is 1. The minimum Gasteiger partial charge on any atom is -0.496 e. The molecule has 1 saturated carbocycles. The Morgan fingerprint density at radius 2 is 2.15 bits per heavy atom. The van der Waals surface area contributed by atoms with E-state index >= 15 is 0 Å². The topological polar surface area (TPSA) is 49.8 Å². The van der Waals surface area contributed by atoms with Gasteiger partial charge in [0.15, 0.2) is 5.78 Å². The van der Waals surface area contributed by atoms with Gasteiger partial charge in [-0.1, -0.05) is 0 Å². The molecule has 4 heteroatoms. The zero-order valence-corrected chi connectivity index (χ0v) is 12.4. The molecule has 1 aliphatic carbocycles. The van der Waals surface area contributed by atoms with Crippen molar-refractivity contribution in [2.75, 3.05) is 20.7 Å². The number of methoxy groups -OCH3 is 1. The minimum atomic E-state index is -0.107. The number of nitrogens with zero attached hydrogens (tertiary/aromatic N) is 1. The predicted molar refractivity (Wildman–Crippen MR) is 78.1 cm³/mol. The van der Waals surface area contributed by atoms with Gasteiger partial charge in [-0.25, -0.2) is 0 Å². The van der Waals surface area contributed by atoms with Crippen molar-refractivity contribution >= 4 is 5.78 Å². The van der Waals surface area contributed by atoms with Crippen LogP contribution in [0, 0.1) is 5.92 Å². The van der Waals surface area contributed by atoms with Gasteiger partial charge in [-0.15, -0.1) is 0 Å². The smallest absolute Gasteiger partial charge is 0.159 e. The summed E-state index contributed by atoms with van der Waals surface area (Å²) in [5, 5.41) is 9.32. The van der Waals surface area contributed by atoms with Gasteiger partial charge in [0.1, 0.15) is 5.75 Å². The molecule has 1 aromatic rings. The average Bonchev–Trinajstić information content (AvgIpc) is 2.36. The lowest BCUT2D eigenvalue weighted by molar-refractivity contribution is 0.0273. The monoisotopic (exact) mass is 277 g/mol. The highest BCUT2D eigenvalue weighted by Crippen LogP contribution is 2.29. The van der Waals surface area contributed by atoms with Crippen LogP contribution in [-0.2, 0) is 6.54 Å². The number of rotatable bonds is 6. The van der Waals surface area contributed by atoms with Crippen LogP contribution in [0.1, 0.15) is 35.7 Å². The van der Waals surface area contributed by atoms with Crippen LogP contribution >= 0.6 is 0 Å². The fraction of sp³-hybridized carbons (Fsp3) is 0.562. The Labute approximate surface area is 120 Å². The molecule has 0 saturated heterocycles. The highest BCUT2D eigenvalue weighted by atomic mass is 16.5. The summed E-state index contributed by atoms with van der Waals surface area (Å²) in [6.07, 6.45) is 1.69. The van der Waals surface area contributed by atoms with Crippen LogP contribution in [0.4, 0.5) is 0 Å². The molecule has 0 atom stereocenters. The fourth-order valence-electron chi connectivity index (χ4n) is 2.77. The van der Waals surface area contributed by atoms with Gasteiger partial charge in [-0.05, 0) is 50.9 Å². The van der Waals surface area contributed by atoms with Gasteiger partial charge in [-0.2, -0.15) is 0 Å². The maximum atomic E-state index is 11.5. The summed E-state index contributed by atoms with van der Waals surface area (Å²) >= 11 is 0. The molecule has 0 bridgehead atoms. The molecule has 0 radical (unpaired) electrons. The van der Waals surface area contributed by atoms with Gasteiger partial charge in [0, 0.05) is 24.2 Å². The number of carbonyl (C=O) groups excluding carboxylic acids is 1. The summed E-state index contributed by atoms with van der Waals surface area (Å²) in [7, 11) is 3.71. The van der Waals surface area contributed by atoms with Crippen LogP contribution in [0.25, 0.3) is 0 Å². The van der Waals surface area contributed by atoms with Crippen molar-refractivity contribution in [3.63, 3.8) is 0 Å². The second-order valence-electron chi connectivity index (χ2n) is 5.77. The van der Waals surface area contributed by atoms with Gasteiger partial charge in [0.05, 0.1) is 13.2 Å². The second-order valence-corrected chi connectivity index (χ2v) is 5.77. The molecular formula is C16H23NO3. The van der Waals surface area contributed by atoms with E-state index < -0.39 is 0 Å². The van der Waals surface area contributed by atoms with Crippen molar-refractivity contribution in [2.24, 2.45) is 5.92 Å². The first-order valence-electron chi connectivity index (χ1n) is 7.04. The molecule has 1 N–H and O–H groups in total. The number of hydrogen-bond acceptors (Lipinski definition) is 4. The number of hydrogen-bond donors (Lipinski definition) is 1. The lowest BCUT2D eigenvalue weighted by atomic mass is 9.82. The normalized spacial score (nSPS) is 21.6. The molecule has 1 aromatic carbocycles. The van der Waals surface area contributed by atoms with Crippen molar-refractivity contribution in [1.82, 2.24) is 4.90 Å². The zero-order chi connectivity index (χ0) is 14.7. The third-order valence-electron chi connectivity index (χ3n) is 3.91. The Balaban J connectivity index is 2.02. The SMILES string of the molecule is COc1ccc(C(C)=O)cc1CN(C)CC1CC(O)C1. The maximum Gasteiger partial charge on any atom is 0.159 e. The van der Waals surface area contributed by atoms with E-state index in [0.717, 1.165) is 37.2 Å². The zero-order valence-electron chi connectivity index (χ0n) is 12.4. The maximum absolute atomic E-state index is 11.5. The van der Waals surface area contributed by atoms with E-state index in [-0.39, 0.29) is 11.9 Å². The quantitative estimate of drug-likeness (QED) is 0.809. The van der Waals surface area contributed by atoms with Crippen LogP contribution in [0.15, 0.2) is 18.2 Å². The summed E-state index contributed by atoms with van der Waals surface area (Å²) in [6.45, 7) is 3.28. The number of ether oxygens (including phenoxy) is 1. The molecule has 2 rings (SSSR count). The van der Waals surface area contributed by atoms with E-state index in [0.29, 0.717) is 11.5 Å². The van der Waals surface area contributed by atoms with E-state index in [1.807, 2.05) is 12.1 Å². The predicted octanol–water partition coefficient (Wildman–Crippen LogP) is 2.10. The Morgan fingerprint density at radius 3 is 2.70 bits per heavy atom. The summed E-state index contributed by atoms with van der Waals surface area (Å²) in [5.41, 5.74) is 1.75. The Hall–Kier alpha value is -1.39. The van der Waals surface area contributed by atoms with Crippen molar-refractivity contribution in [2.45, 2.75) is 32.4 Å². The van der Waals surface area contributed by atoms with Crippen LogP contribution < -0.4 is 4.74 Å². The number of carbonyl (C=O) groups is 1. The molecule has 0 aliphatic heterocycles. The largest absolute Gasteiger partial charge is 0.496 e. The molecule has 0 spiro atoms. The lowest BCUT2D eigenvalue weighted by Gasteiger charge is -2.34. The van der Waals surface area contributed by atoms with Gasteiger partial charge >= 0.3 is 0 Å². The molecular weight excluding hydrogens is 254 g/mol. The van der Waals surface area contributed by atoms with Gasteiger partial charge in [0.2, 0.25) is 0 Å². The summed E-state index contributed by atoms with van der Waals surface area (Å²) in [6, 6.07) is 5.56. The third-order valence-corrected chi connectivity index (χ3v) is 3.91. The summed E-state index contributed by atoms with van der Waals surface area (Å²) in [4.78, 5) is 13.7. The number of ketones is 1. The molecule has 0 amide bonds. The first kappa shape index (κ1) is 15.0. The van der Waals surface area contributed by atoms with E-state index in [9.17, 15) is 9.90 Å². The Bertz CT molecular complexity index is 481. The first-order chi connectivity index (χ1) is 9.49. The van der Waals surface area contributed by atoms with E-state index in [1.165, 1.54) is 0 Å². The van der Waals surface area contributed by atoms with Crippen molar-refractivity contribution in [3.05, 3.63) is 29.3 Å². The molecule has 4 nitrogen and oxygen atoms in total.